The van der Waals surface area contributed by atoms with E-state index < -0.39 is 5.60 Å². The average Bonchev–Trinajstić information content (AvgIpc) is 2.57. The number of nitrogens with two attached hydrogens (primary N) is 1. The van der Waals surface area contributed by atoms with E-state index in [1.165, 1.54) is 0 Å². The van der Waals surface area contributed by atoms with E-state index in [0.29, 0.717) is 16.8 Å². The molecule has 17 heavy (non-hydrogen) atoms. The number of aromatic nitrogens is 2. The van der Waals surface area contributed by atoms with E-state index in [4.69, 9.17) is 10.5 Å². The van der Waals surface area contributed by atoms with Gasteiger partial charge in [0.15, 0.2) is 0 Å². The van der Waals surface area contributed by atoms with Gasteiger partial charge in [-0.05, 0) is 32.9 Å². The molecule has 5 nitrogen and oxygen atoms in total. The summed E-state index contributed by atoms with van der Waals surface area (Å²) < 4.78 is 6.89. The van der Waals surface area contributed by atoms with Crippen LogP contribution in [-0.4, -0.2) is 21.2 Å². The Morgan fingerprint density at radius 2 is 2.18 bits per heavy atom. The molecule has 0 aromatic carbocycles. The van der Waals surface area contributed by atoms with Crippen LogP contribution >= 0.6 is 0 Å². The highest BCUT2D eigenvalue weighted by molar-refractivity contribution is 5.92. The molecule has 5 heteroatoms. The number of pyridine rings is 1. The van der Waals surface area contributed by atoms with Crippen LogP contribution in [-0.2, 0) is 4.74 Å². The van der Waals surface area contributed by atoms with Gasteiger partial charge in [-0.15, -0.1) is 0 Å². The molecule has 0 atom stereocenters. The first kappa shape index (κ1) is 11.4. The Morgan fingerprint density at radius 3 is 2.82 bits per heavy atom. The van der Waals surface area contributed by atoms with Crippen LogP contribution in [0.4, 0.5) is 5.69 Å². The van der Waals surface area contributed by atoms with Crippen LogP contribution in [0.15, 0.2) is 24.5 Å². The molecule has 0 fully saturated rings. The number of fused-ring (bicyclic) bond motifs is 1. The third-order valence-corrected chi connectivity index (χ3v) is 2.19. The van der Waals surface area contributed by atoms with E-state index >= 15 is 0 Å². The second kappa shape index (κ2) is 3.76. The molecule has 2 rings (SSSR count). The first-order valence-electron chi connectivity index (χ1n) is 5.33. The predicted octanol–water partition coefficient (Wildman–Crippen LogP) is 1.87. The molecule has 0 saturated heterocycles. The monoisotopic (exact) mass is 233 g/mol. The number of ether oxygens (including phenoxy) is 1. The molecule has 0 unspecified atom stereocenters. The average molecular weight is 233 g/mol. The summed E-state index contributed by atoms with van der Waals surface area (Å²) in [6.07, 6.45) is 3.24. The lowest BCUT2D eigenvalue weighted by Gasteiger charge is -2.19. The summed E-state index contributed by atoms with van der Waals surface area (Å²) in [6.45, 7) is 5.49. The summed E-state index contributed by atoms with van der Waals surface area (Å²) >= 11 is 0. The first-order chi connectivity index (χ1) is 7.87. The van der Waals surface area contributed by atoms with Crippen molar-refractivity contribution in [3.05, 3.63) is 30.1 Å². The van der Waals surface area contributed by atoms with Crippen LogP contribution < -0.4 is 5.73 Å². The molecule has 0 aliphatic heterocycles. The van der Waals surface area contributed by atoms with Crippen molar-refractivity contribution in [2.45, 2.75) is 26.4 Å². The van der Waals surface area contributed by atoms with Gasteiger partial charge in [0.25, 0.3) is 0 Å². The molecule has 0 radical (unpaired) electrons. The number of nitrogen functional groups attached to an aromatic ring is 1. The standard InChI is InChI=1S/C12H15N3O2/c1-12(2,3)17-11(16)8-4-5-15-10(6-8)9(13)7-14-15/h4-7H,13H2,1-3H3. The van der Waals surface area contributed by atoms with Gasteiger partial charge in [0, 0.05) is 6.20 Å². The summed E-state index contributed by atoms with van der Waals surface area (Å²) in [4.78, 5) is 11.8. The van der Waals surface area contributed by atoms with E-state index in [1.54, 1.807) is 29.0 Å². The molecule has 0 saturated carbocycles. The number of rotatable bonds is 1. The smallest absolute Gasteiger partial charge is 0.338 e. The lowest BCUT2D eigenvalue weighted by molar-refractivity contribution is 0.00696. The topological polar surface area (TPSA) is 69.6 Å². The van der Waals surface area contributed by atoms with Crippen molar-refractivity contribution in [2.75, 3.05) is 5.73 Å². The third-order valence-electron chi connectivity index (χ3n) is 2.19. The fourth-order valence-electron chi connectivity index (χ4n) is 1.46. The van der Waals surface area contributed by atoms with E-state index in [-0.39, 0.29) is 5.97 Å². The highest BCUT2D eigenvalue weighted by atomic mass is 16.6. The maximum Gasteiger partial charge on any atom is 0.338 e. The van der Waals surface area contributed by atoms with Crippen molar-refractivity contribution in [3.8, 4) is 0 Å². The predicted molar refractivity (Wildman–Crippen MR) is 64.8 cm³/mol. The zero-order chi connectivity index (χ0) is 12.6. The van der Waals surface area contributed by atoms with Crippen LogP contribution in [0.25, 0.3) is 5.52 Å². The normalized spacial score (nSPS) is 11.7. The van der Waals surface area contributed by atoms with Gasteiger partial charge in [0.2, 0.25) is 0 Å². The van der Waals surface area contributed by atoms with Gasteiger partial charge in [0.1, 0.15) is 5.60 Å². The summed E-state index contributed by atoms with van der Waals surface area (Å²) in [5.41, 5.74) is 6.94. The highest BCUT2D eigenvalue weighted by Crippen LogP contribution is 2.17. The number of hydrogen-bond donors (Lipinski definition) is 1. The maximum absolute atomic E-state index is 11.8. The van der Waals surface area contributed by atoms with Crippen molar-refractivity contribution >= 4 is 17.2 Å². The molecule has 0 bridgehead atoms. The van der Waals surface area contributed by atoms with Gasteiger partial charge >= 0.3 is 5.97 Å². The van der Waals surface area contributed by atoms with E-state index in [9.17, 15) is 4.79 Å². The van der Waals surface area contributed by atoms with Crippen LogP contribution in [0.2, 0.25) is 0 Å². The number of carbonyl (C=O) groups is 1. The molecule has 0 aliphatic rings. The summed E-state index contributed by atoms with van der Waals surface area (Å²) in [5, 5.41) is 4.03. The van der Waals surface area contributed by atoms with Crippen molar-refractivity contribution in [1.29, 1.82) is 0 Å². The molecule has 0 aliphatic carbocycles. The van der Waals surface area contributed by atoms with Crippen molar-refractivity contribution in [1.82, 2.24) is 9.61 Å². The van der Waals surface area contributed by atoms with Gasteiger partial charge in [-0.25, -0.2) is 9.31 Å². The Hall–Kier alpha value is -2.04. The van der Waals surface area contributed by atoms with Crippen LogP contribution in [0.3, 0.4) is 0 Å². The zero-order valence-corrected chi connectivity index (χ0v) is 10.1. The van der Waals surface area contributed by atoms with Gasteiger partial charge in [0.05, 0.1) is 23.0 Å². The summed E-state index contributed by atoms with van der Waals surface area (Å²) in [6, 6.07) is 3.34. The zero-order valence-electron chi connectivity index (χ0n) is 10.1. The maximum atomic E-state index is 11.8. The Labute approximate surface area is 99.2 Å². The second-order valence-electron chi connectivity index (χ2n) is 4.85. The molecule has 2 aromatic heterocycles. The third kappa shape index (κ3) is 2.38. The quantitative estimate of drug-likeness (QED) is 0.763. The molecule has 0 spiro atoms. The van der Waals surface area contributed by atoms with E-state index in [2.05, 4.69) is 5.10 Å². The molecule has 2 aromatic rings. The molecular weight excluding hydrogens is 218 g/mol. The van der Waals surface area contributed by atoms with Gasteiger partial charge in [-0.1, -0.05) is 0 Å². The molecular formula is C12H15N3O2. The number of anilines is 1. The largest absolute Gasteiger partial charge is 0.456 e. The number of esters is 1. The lowest BCUT2D eigenvalue weighted by atomic mass is 10.2. The van der Waals surface area contributed by atoms with Gasteiger partial charge < -0.3 is 10.5 Å². The number of hydrogen-bond acceptors (Lipinski definition) is 4. The first-order valence-corrected chi connectivity index (χ1v) is 5.33. The van der Waals surface area contributed by atoms with E-state index in [0.717, 1.165) is 0 Å². The summed E-state index contributed by atoms with van der Waals surface area (Å²) in [7, 11) is 0. The summed E-state index contributed by atoms with van der Waals surface area (Å²) in [5.74, 6) is -0.361. The number of carbonyl (C=O) groups excluding carboxylic acids is 1. The minimum atomic E-state index is -0.505. The van der Waals surface area contributed by atoms with Crippen LogP contribution in [0.1, 0.15) is 31.1 Å². The second-order valence-corrected chi connectivity index (χ2v) is 4.85. The molecule has 90 valence electrons. The fraction of sp³-hybridized carbons (Fsp3) is 0.333. The van der Waals surface area contributed by atoms with E-state index in [1.807, 2.05) is 20.8 Å². The van der Waals surface area contributed by atoms with Crippen molar-refractivity contribution in [3.63, 3.8) is 0 Å². The minimum Gasteiger partial charge on any atom is -0.456 e. The van der Waals surface area contributed by atoms with Crippen molar-refractivity contribution < 1.29 is 9.53 Å². The molecule has 0 amide bonds. The minimum absolute atomic E-state index is 0.361. The van der Waals surface area contributed by atoms with Crippen molar-refractivity contribution in [2.24, 2.45) is 0 Å². The van der Waals surface area contributed by atoms with Gasteiger partial charge in [-0.3, -0.25) is 0 Å². The van der Waals surface area contributed by atoms with Crippen LogP contribution in [0, 0.1) is 0 Å². The molecule has 2 heterocycles. The molecule has 2 N–H and O–H groups in total. The Morgan fingerprint density at radius 1 is 1.47 bits per heavy atom. The Bertz CT molecular complexity index is 567. The fourth-order valence-corrected chi connectivity index (χ4v) is 1.46. The highest BCUT2D eigenvalue weighted by Gasteiger charge is 2.18. The Balaban J connectivity index is 2.36. The van der Waals surface area contributed by atoms with Gasteiger partial charge in [-0.2, -0.15) is 5.10 Å². The Kier molecular flexibility index (Phi) is 2.53. The number of nitrogens with zero attached hydrogens (tertiary/aromatic N) is 2. The lowest BCUT2D eigenvalue weighted by Crippen LogP contribution is -2.23. The van der Waals surface area contributed by atoms with Crippen LogP contribution in [0.5, 0.6) is 0 Å². The SMILES string of the molecule is CC(C)(C)OC(=O)c1ccn2ncc(N)c2c1.